The molecule has 0 bridgehead atoms. The highest BCUT2D eigenvalue weighted by molar-refractivity contribution is 5.78. The van der Waals surface area contributed by atoms with Gasteiger partial charge in [-0.3, -0.25) is 9.69 Å². The van der Waals surface area contributed by atoms with Crippen LogP contribution in [-0.2, 0) is 4.79 Å². The molecule has 0 fully saturated rings. The number of hydrogen-bond acceptors (Lipinski definition) is 2. The summed E-state index contributed by atoms with van der Waals surface area (Å²) in [6.45, 7) is 7.66. The van der Waals surface area contributed by atoms with Crippen LogP contribution in [-0.4, -0.2) is 48.9 Å². The molecule has 1 atom stereocenters. The SMILES string of the molecule is CCC(C)N(C)C(=O)CN(C)CC. The van der Waals surface area contributed by atoms with Crippen LogP contribution >= 0.6 is 0 Å². The third kappa shape index (κ3) is 4.27. The Bertz CT molecular complexity index is 159. The molecule has 0 aliphatic rings. The fourth-order valence-corrected chi connectivity index (χ4v) is 0.974. The van der Waals surface area contributed by atoms with Crippen LogP contribution in [0.2, 0.25) is 0 Å². The summed E-state index contributed by atoms with van der Waals surface area (Å²) >= 11 is 0. The molecule has 1 amide bonds. The lowest BCUT2D eigenvalue weighted by atomic mass is 10.2. The molecule has 78 valence electrons. The molecule has 0 aliphatic carbocycles. The summed E-state index contributed by atoms with van der Waals surface area (Å²) in [7, 11) is 3.84. The van der Waals surface area contributed by atoms with Crippen molar-refractivity contribution < 1.29 is 4.79 Å². The Kier molecular flexibility index (Phi) is 5.71. The molecule has 0 saturated heterocycles. The van der Waals surface area contributed by atoms with Gasteiger partial charge < -0.3 is 4.90 Å². The molecule has 0 rings (SSSR count). The van der Waals surface area contributed by atoms with E-state index in [1.165, 1.54) is 0 Å². The second kappa shape index (κ2) is 5.97. The Labute approximate surface area is 81.7 Å². The number of likely N-dealkylation sites (N-methyl/N-ethyl adjacent to an activating group) is 2. The van der Waals surface area contributed by atoms with Crippen LogP contribution in [0.15, 0.2) is 0 Å². The summed E-state index contributed by atoms with van der Waals surface area (Å²) in [6, 6.07) is 0.345. The van der Waals surface area contributed by atoms with Gasteiger partial charge in [0, 0.05) is 13.1 Å². The van der Waals surface area contributed by atoms with E-state index in [4.69, 9.17) is 0 Å². The molecular formula is C10H22N2O. The van der Waals surface area contributed by atoms with Crippen molar-refractivity contribution in [2.24, 2.45) is 0 Å². The molecule has 3 heteroatoms. The number of rotatable bonds is 5. The van der Waals surface area contributed by atoms with Crippen molar-refractivity contribution in [2.45, 2.75) is 33.2 Å². The van der Waals surface area contributed by atoms with Gasteiger partial charge in [-0.1, -0.05) is 13.8 Å². The van der Waals surface area contributed by atoms with Gasteiger partial charge in [0.25, 0.3) is 0 Å². The Morgan fingerprint density at radius 1 is 1.31 bits per heavy atom. The quantitative estimate of drug-likeness (QED) is 0.644. The molecule has 0 heterocycles. The van der Waals surface area contributed by atoms with Gasteiger partial charge in [0.2, 0.25) is 5.91 Å². The van der Waals surface area contributed by atoms with E-state index in [0.29, 0.717) is 12.6 Å². The lowest BCUT2D eigenvalue weighted by Gasteiger charge is -2.26. The van der Waals surface area contributed by atoms with Crippen molar-refractivity contribution >= 4 is 5.91 Å². The Morgan fingerprint density at radius 3 is 2.23 bits per heavy atom. The third-order valence-electron chi connectivity index (χ3n) is 2.59. The van der Waals surface area contributed by atoms with Gasteiger partial charge in [-0.25, -0.2) is 0 Å². The van der Waals surface area contributed by atoms with Gasteiger partial charge in [-0.05, 0) is 26.9 Å². The van der Waals surface area contributed by atoms with Crippen molar-refractivity contribution in [1.29, 1.82) is 0 Å². The zero-order chi connectivity index (χ0) is 10.4. The van der Waals surface area contributed by atoms with E-state index in [0.717, 1.165) is 13.0 Å². The third-order valence-corrected chi connectivity index (χ3v) is 2.59. The molecule has 0 aliphatic heterocycles. The van der Waals surface area contributed by atoms with Gasteiger partial charge in [0.05, 0.1) is 6.54 Å². The van der Waals surface area contributed by atoms with Crippen LogP contribution in [0.4, 0.5) is 0 Å². The Hall–Kier alpha value is -0.570. The number of nitrogens with zero attached hydrogens (tertiary/aromatic N) is 2. The summed E-state index contributed by atoms with van der Waals surface area (Å²) in [5.74, 6) is 0.207. The summed E-state index contributed by atoms with van der Waals surface area (Å²) in [5.41, 5.74) is 0. The molecule has 13 heavy (non-hydrogen) atoms. The fraction of sp³-hybridized carbons (Fsp3) is 0.900. The van der Waals surface area contributed by atoms with Gasteiger partial charge in [0.1, 0.15) is 0 Å². The Balaban J connectivity index is 3.96. The van der Waals surface area contributed by atoms with E-state index in [2.05, 4.69) is 20.8 Å². The van der Waals surface area contributed by atoms with Gasteiger partial charge in [0.15, 0.2) is 0 Å². The van der Waals surface area contributed by atoms with Gasteiger partial charge in [-0.2, -0.15) is 0 Å². The van der Waals surface area contributed by atoms with E-state index in [1.807, 2.05) is 23.9 Å². The molecular weight excluding hydrogens is 164 g/mol. The largest absolute Gasteiger partial charge is 0.342 e. The van der Waals surface area contributed by atoms with Crippen LogP contribution in [0.3, 0.4) is 0 Å². The first-order valence-electron chi connectivity index (χ1n) is 4.97. The molecule has 0 radical (unpaired) electrons. The Morgan fingerprint density at radius 2 is 1.85 bits per heavy atom. The second-order valence-corrected chi connectivity index (χ2v) is 3.59. The summed E-state index contributed by atoms with van der Waals surface area (Å²) in [6.07, 6.45) is 1.01. The molecule has 0 aromatic heterocycles. The van der Waals surface area contributed by atoms with Crippen LogP contribution < -0.4 is 0 Å². The normalized spacial score (nSPS) is 13.1. The van der Waals surface area contributed by atoms with E-state index in [9.17, 15) is 4.79 Å². The van der Waals surface area contributed by atoms with Gasteiger partial charge in [-0.15, -0.1) is 0 Å². The lowest BCUT2D eigenvalue weighted by Crippen LogP contribution is -2.40. The maximum Gasteiger partial charge on any atom is 0.236 e. The highest BCUT2D eigenvalue weighted by Crippen LogP contribution is 2.00. The minimum atomic E-state index is 0.207. The highest BCUT2D eigenvalue weighted by atomic mass is 16.2. The number of amides is 1. The summed E-state index contributed by atoms with van der Waals surface area (Å²) < 4.78 is 0. The average molecular weight is 186 g/mol. The molecule has 1 unspecified atom stereocenters. The van der Waals surface area contributed by atoms with Crippen molar-refractivity contribution in [3.63, 3.8) is 0 Å². The maximum atomic E-state index is 11.6. The molecule has 0 spiro atoms. The number of carbonyl (C=O) groups is 1. The highest BCUT2D eigenvalue weighted by Gasteiger charge is 2.14. The maximum absolute atomic E-state index is 11.6. The number of hydrogen-bond donors (Lipinski definition) is 0. The molecule has 0 aromatic rings. The molecule has 0 saturated carbocycles. The fourth-order valence-electron chi connectivity index (χ4n) is 0.974. The standard InChI is InChI=1S/C10H22N2O/c1-6-9(3)12(5)10(13)8-11(4)7-2/h9H,6-8H2,1-5H3. The van der Waals surface area contributed by atoms with Crippen LogP contribution in [0.5, 0.6) is 0 Å². The average Bonchev–Trinajstić information content (AvgIpc) is 2.14. The van der Waals surface area contributed by atoms with E-state index in [1.54, 1.807) is 0 Å². The zero-order valence-electron chi connectivity index (χ0n) is 9.50. The zero-order valence-corrected chi connectivity index (χ0v) is 9.50. The lowest BCUT2D eigenvalue weighted by molar-refractivity contribution is -0.132. The van der Waals surface area contributed by atoms with Crippen molar-refractivity contribution in [2.75, 3.05) is 27.2 Å². The van der Waals surface area contributed by atoms with Crippen LogP contribution in [0, 0.1) is 0 Å². The number of carbonyl (C=O) groups excluding carboxylic acids is 1. The molecule has 0 aromatic carbocycles. The van der Waals surface area contributed by atoms with Crippen LogP contribution in [0.1, 0.15) is 27.2 Å². The monoisotopic (exact) mass is 186 g/mol. The first-order chi connectivity index (χ1) is 6.02. The summed E-state index contributed by atoms with van der Waals surface area (Å²) in [4.78, 5) is 15.4. The summed E-state index contributed by atoms with van der Waals surface area (Å²) in [5, 5.41) is 0. The van der Waals surface area contributed by atoms with Crippen molar-refractivity contribution in [1.82, 2.24) is 9.80 Å². The molecule has 0 N–H and O–H groups in total. The van der Waals surface area contributed by atoms with E-state index in [-0.39, 0.29) is 5.91 Å². The van der Waals surface area contributed by atoms with E-state index >= 15 is 0 Å². The first-order valence-corrected chi connectivity index (χ1v) is 4.97. The van der Waals surface area contributed by atoms with Crippen molar-refractivity contribution in [3.05, 3.63) is 0 Å². The topological polar surface area (TPSA) is 23.6 Å². The minimum Gasteiger partial charge on any atom is -0.342 e. The minimum absolute atomic E-state index is 0.207. The predicted molar refractivity (Wildman–Crippen MR) is 55.7 cm³/mol. The predicted octanol–water partition coefficient (Wildman–Crippen LogP) is 1.19. The van der Waals surface area contributed by atoms with Gasteiger partial charge >= 0.3 is 0 Å². The van der Waals surface area contributed by atoms with Crippen molar-refractivity contribution in [3.8, 4) is 0 Å². The first kappa shape index (κ1) is 12.4. The smallest absolute Gasteiger partial charge is 0.236 e. The molecule has 3 nitrogen and oxygen atoms in total. The van der Waals surface area contributed by atoms with E-state index < -0.39 is 0 Å². The van der Waals surface area contributed by atoms with Crippen LogP contribution in [0.25, 0.3) is 0 Å². The second-order valence-electron chi connectivity index (χ2n) is 3.59.